The third-order valence-electron chi connectivity index (χ3n) is 3.28. The van der Waals surface area contributed by atoms with Crippen molar-refractivity contribution in [1.82, 2.24) is 0 Å². The van der Waals surface area contributed by atoms with E-state index in [0.717, 1.165) is 0 Å². The highest BCUT2D eigenvalue weighted by Crippen LogP contribution is 2.35. The van der Waals surface area contributed by atoms with Crippen molar-refractivity contribution < 1.29 is 4.39 Å². The highest BCUT2D eigenvalue weighted by atomic mass is 79.9. The van der Waals surface area contributed by atoms with Crippen LogP contribution in [0.3, 0.4) is 0 Å². The first-order valence-electron chi connectivity index (χ1n) is 6.43. The monoisotopic (exact) mass is 380 g/mol. The lowest BCUT2D eigenvalue weighted by Crippen LogP contribution is -2.16. The summed E-state index contributed by atoms with van der Waals surface area (Å²) >= 11 is 9.80. The quantitative estimate of drug-likeness (QED) is 0.583. The summed E-state index contributed by atoms with van der Waals surface area (Å²) in [4.78, 5) is 4.45. The maximum atomic E-state index is 14.2. The van der Waals surface area contributed by atoms with E-state index in [0.29, 0.717) is 37.9 Å². The van der Waals surface area contributed by atoms with Gasteiger partial charge in [-0.05, 0) is 40.2 Å². The fraction of sp³-hybridized carbons (Fsp3) is 0.0667. The highest BCUT2D eigenvalue weighted by Gasteiger charge is 2.23. The molecule has 0 aromatic heterocycles. The van der Waals surface area contributed by atoms with Gasteiger partial charge in [0.25, 0.3) is 0 Å². The average molecular weight is 382 g/mol. The molecule has 2 aromatic rings. The van der Waals surface area contributed by atoms with Gasteiger partial charge in [0.2, 0.25) is 0 Å². The van der Waals surface area contributed by atoms with E-state index >= 15 is 0 Å². The number of anilines is 1. The molecule has 22 heavy (non-hydrogen) atoms. The number of hydrogen-bond acceptors (Lipinski definition) is 3. The summed E-state index contributed by atoms with van der Waals surface area (Å²) in [6.07, 6.45) is 0. The van der Waals surface area contributed by atoms with Gasteiger partial charge in [-0.3, -0.25) is 4.99 Å². The van der Waals surface area contributed by atoms with Crippen LogP contribution in [0.4, 0.5) is 10.1 Å². The predicted octanol–water partition coefficient (Wildman–Crippen LogP) is 3.78. The number of amidine groups is 1. The number of benzodiazepines with no additional fused rings is 1. The first kappa shape index (κ1) is 15.0. The van der Waals surface area contributed by atoms with Crippen molar-refractivity contribution in [2.45, 2.75) is 0 Å². The molecule has 4 nitrogen and oxygen atoms in total. The minimum atomic E-state index is -0.364. The first-order chi connectivity index (χ1) is 10.6. The second-order valence-electron chi connectivity index (χ2n) is 4.63. The van der Waals surface area contributed by atoms with Crippen LogP contribution in [-0.4, -0.2) is 18.1 Å². The summed E-state index contributed by atoms with van der Waals surface area (Å²) in [7, 11) is 0. The van der Waals surface area contributed by atoms with E-state index in [-0.39, 0.29) is 12.4 Å². The van der Waals surface area contributed by atoms with E-state index in [9.17, 15) is 4.39 Å². The number of nitrogens with one attached hydrogen (secondary N) is 1. The molecule has 112 valence electrons. The van der Waals surface area contributed by atoms with Crippen molar-refractivity contribution in [3.05, 3.63) is 62.8 Å². The second kappa shape index (κ2) is 6.06. The van der Waals surface area contributed by atoms with Gasteiger partial charge in [0.1, 0.15) is 11.7 Å². The van der Waals surface area contributed by atoms with Crippen LogP contribution in [0.5, 0.6) is 0 Å². The lowest BCUT2D eigenvalue weighted by atomic mass is 10.00. The number of benzene rings is 2. The molecule has 3 N–H and O–H groups in total. The number of rotatable bonds is 1. The fourth-order valence-electron chi connectivity index (χ4n) is 2.26. The summed E-state index contributed by atoms with van der Waals surface area (Å²) in [5.74, 6) is 5.46. The van der Waals surface area contributed by atoms with E-state index < -0.39 is 0 Å². The highest BCUT2D eigenvalue weighted by molar-refractivity contribution is 9.10. The van der Waals surface area contributed by atoms with Crippen LogP contribution in [0, 0.1) is 5.82 Å². The summed E-state index contributed by atoms with van der Waals surface area (Å²) in [6, 6.07) is 10.1. The molecule has 0 fully saturated rings. The Hall–Kier alpha value is -1.92. The topological polar surface area (TPSA) is 62.8 Å². The Labute approximate surface area is 140 Å². The normalized spacial score (nSPS) is 15.8. The van der Waals surface area contributed by atoms with Crippen molar-refractivity contribution in [3.63, 3.8) is 0 Å². The van der Waals surface area contributed by atoms with Gasteiger partial charge in [-0.1, -0.05) is 23.7 Å². The SMILES string of the molecule is NN=C1CN=C(c2ccccc2F)c2c(ccc(Br)c2Cl)N1. The number of nitrogens with two attached hydrogens (primary N) is 1. The molecular formula is C15H11BrClFN4. The summed E-state index contributed by atoms with van der Waals surface area (Å²) in [5.41, 5.74) is 2.13. The number of nitrogens with zero attached hydrogens (tertiary/aromatic N) is 2. The summed E-state index contributed by atoms with van der Waals surface area (Å²) in [6.45, 7) is 0.211. The Morgan fingerprint density at radius 3 is 2.77 bits per heavy atom. The van der Waals surface area contributed by atoms with Crippen LogP contribution in [0.15, 0.2) is 51.0 Å². The predicted molar refractivity (Wildman–Crippen MR) is 91.3 cm³/mol. The third-order valence-corrected chi connectivity index (χ3v) is 4.56. The molecule has 1 aliphatic rings. The Kier molecular flexibility index (Phi) is 4.13. The molecule has 0 atom stereocenters. The van der Waals surface area contributed by atoms with Crippen molar-refractivity contribution in [2.24, 2.45) is 15.9 Å². The minimum Gasteiger partial charge on any atom is -0.340 e. The van der Waals surface area contributed by atoms with Crippen LogP contribution >= 0.6 is 27.5 Å². The van der Waals surface area contributed by atoms with Crippen molar-refractivity contribution in [1.29, 1.82) is 0 Å². The van der Waals surface area contributed by atoms with Crippen LogP contribution in [0.2, 0.25) is 5.02 Å². The molecule has 0 saturated carbocycles. The number of fused-ring (bicyclic) bond motifs is 1. The van der Waals surface area contributed by atoms with Gasteiger partial charge in [-0.25, -0.2) is 4.39 Å². The molecule has 1 aliphatic heterocycles. The second-order valence-corrected chi connectivity index (χ2v) is 5.86. The van der Waals surface area contributed by atoms with Crippen LogP contribution in [-0.2, 0) is 0 Å². The Morgan fingerprint density at radius 2 is 2.05 bits per heavy atom. The molecule has 1 heterocycles. The molecule has 0 saturated heterocycles. The fourth-order valence-corrected chi connectivity index (χ4v) is 2.85. The van der Waals surface area contributed by atoms with E-state index in [1.807, 2.05) is 6.07 Å². The average Bonchev–Trinajstić information content (AvgIpc) is 2.71. The van der Waals surface area contributed by atoms with E-state index in [1.165, 1.54) is 6.07 Å². The zero-order valence-corrected chi connectivity index (χ0v) is 13.6. The molecule has 0 unspecified atom stereocenters. The van der Waals surface area contributed by atoms with Crippen molar-refractivity contribution >= 4 is 44.8 Å². The number of aliphatic imine (C=N–C) groups is 1. The molecule has 0 bridgehead atoms. The number of hydrogen-bond donors (Lipinski definition) is 2. The Morgan fingerprint density at radius 1 is 1.27 bits per heavy atom. The maximum absolute atomic E-state index is 14.2. The third kappa shape index (κ3) is 2.60. The summed E-state index contributed by atoms with van der Waals surface area (Å²) in [5, 5.41) is 7.19. The maximum Gasteiger partial charge on any atom is 0.148 e. The molecular weight excluding hydrogens is 371 g/mol. The lowest BCUT2D eigenvalue weighted by Gasteiger charge is -2.14. The molecule has 0 spiro atoms. The molecule has 0 amide bonds. The standard InChI is InChI=1S/C15H11BrClFN4/c16-9-5-6-11-13(14(9)17)15(20-7-12(21-11)22-19)8-3-1-2-4-10(8)18/h1-6H,7,19H2,(H,21,22). The van der Waals surface area contributed by atoms with Crippen molar-refractivity contribution in [3.8, 4) is 0 Å². The number of halogens is 3. The van der Waals surface area contributed by atoms with Gasteiger partial charge in [0.05, 0.1) is 23.0 Å². The molecule has 2 aromatic carbocycles. The molecule has 0 radical (unpaired) electrons. The summed E-state index contributed by atoms with van der Waals surface area (Å²) < 4.78 is 14.9. The molecule has 0 aliphatic carbocycles. The van der Waals surface area contributed by atoms with Crippen molar-refractivity contribution in [2.75, 3.05) is 11.9 Å². The largest absolute Gasteiger partial charge is 0.340 e. The van der Waals surface area contributed by atoms with Gasteiger partial charge in [0, 0.05) is 15.6 Å². The zero-order valence-electron chi connectivity index (χ0n) is 11.3. The van der Waals surface area contributed by atoms with Gasteiger partial charge in [0.15, 0.2) is 0 Å². The van der Waals surface area contributed by atoms with E-state index in [1.54, 1.807) is 24.3 Å². The van der Waals surface area contributed by atoms with Crippen LogP contribution < -0.4 is 11.2 Å². The Balaban J connectivity index is 2.29. The van der Waals surface area contributed by atoms with Gasteiger partial charge in [-0.2, -0.15) is 5.10 Å². The van der Waals surface area contributed by atoms with Gasteiger partial charge in [-0.15, -0.1) is 0 Å². The zero-order chi connectivity index (χ0) is 15.7. The first-order valence-corrected chi connectivity index (χ1v) is 7.60. The number of hydrazone groups is 1. The van der Waals surface area contributed by atoms with Gasteiger partial charge >= 0.3 is 0 Å². The van der Waals surface area contributed by atoms with E-state index in [2.05, 4.69) is 31.3 Å². The smallest absolute Gasteiger partial charge is 0.148 e. The molecule has 7 heteroatoms. The van der Waals surface area contributed by atoms with Gasteiger partial charge < -0.3 is 11.2 Å². The Bertz CT molecular complexity index is 804. The van der Waals surface area contributed by atoms with E-state index in [4.69, 9.17) is 17.4 Å². The van der Waals surface area contributed by atoms with Crippen LogP contribution in [0.1, 0.15) is 11.1 Å². The van der Waals surface area contributed by atoms with Crippen LogP contribution in [0.25, 0.3) is 0 Å². The molecule has 3 rings (SSSR count). The lowest BCUT2D eigenvalue weighted by molar-refractivity contribution is 0.625. The minimum absolute atomic E-state index is 0.211.